The Balaban J connectivity index is 1.25. The maximum atomic E-state index is 13.8. The van der Waals surface area contributed by atoms with Crippen molar-refractivity contribution in [3.8, 4) is 22.5 Å². The number of aliphatic hydroxyl groups is 5. The van der Waals surface area contributed by atoms with Crippen LogP contribution in [-0.2, 0) is 9.47 Å². The summed E-state index contributed by atoms with van der Waals surface area (Å²) in [5.74, 6) is -0.927. The van der Waals surface area contributed by atoms with Crippen molar-refractivity contribution in [2.75, 3.05) is 6.61 Å². The summed E-state index contributed by atoms with van der Waals surface area (Å²) >= 11 is 0.907. The Morgan fingerprint density at radius 3 is 1.64 bits per heavy atom. The highest BCUT2D eigenvalue weighted by Crippen LogP contribution is 2.42. The minimum absolute atomic E-state index is 0.296. The number of halogens is 2. The summed E-state index contributed by atoms with van der Waals surface area (Å²) < 4.78 is 42.0. The summed E-state index contributed by atoms with van der Waals surface area (Å²) in [5, 5.41) is 71.4. The number of aromatic nitrogens is 6. The van der Waals surface area contributed by atoms with Gasteiger partial charge in [-0.2, -0.15) is 0 Å². The van der Waals surface area contributed by atoms with Crippen LogP contribution < -0.4 is 0 Å². The van der Waals surface area contributed by atoms with Crippen molar-refractivity contribution in [1.29, 1.82) is 0 Å². The molecule has 0 aliphatic carbocycles. The van der Waals surface area contributed by atoms with Gasteiger partial charge in [-0.1, -0.05) is 53.4 Å². The van der Waals surface area contributed by atoms with Crippen molar-refractivity contribution in [1.82, 2.24) is 30.0 Å². The number of ether oxygens (including phenoxy) is 2. The third-order valence-corrected chi connectivity index (χ3v) is 9.38. The smallest absolute Gasteiger partial charge is 0.134 e. The van der Waals surface area contributed by atoms with Gasteiger partial charge in [0, 0.05) is 11.1 Å². The molecule has 2 aromatic carbocycles. The number of aliphatic hydroxyl groups excluding tert-OH is 5. The molecule has 2 aromatic heterocycles. The van der Waals surface area contributed by atoms with E-state index in [4.69, 9.17) is 9.47 Å². The van der Waals surface area contributed by atoms with Gasteiger partial charge in [-0.3, -0.25) is 0 Å². The van der Waals surface area contributed by atoms with E-state index in [1.54, 1.807) is 19.1 Å². The molecule has 240 valence electrons. The van der Waals surface area contributed by atoms with Crippen LogP contribution in [0.2, 0.25) is 0 Å². The van der Waals surface area contributed by atoms with E-state index >= 15 is 0 Å². The van der Waals surface area contributed by atoms with Crippen molar-refractivity contribution < 1.29 is 43.8 Å². The Labute approximate surface area is 260 Å². The third-order valence-electron chi connectivity index (χ3n) is 8.06. The van der Waals surface area contributed by atoms with Crippen LogP contribution in [0.4, 0.5) is 8.78 Å². The Morgan fingerprint density at radius 1 is 0.733 bits per heavy atom. The van der Waals surface area contributed by atoms with Gasteiger partial charge >= 0.3 is 0 Å². The maximum Gasteiger partial charge on any atom is 0.134 e. The molecule has 0 bridgehead atoms. The van der Waals surface area contributed by atoms with Crippen LogP contribution in [0.5, 0.6) is 0 Å². The van der Waals surface area contributed by atoms with Gasteiger partial charge in [0.25, 0.3) is 0 Å². The standard InChI is InChI=1S/C29H32F2N6O7S/c1-2-20-24(39)22(36-11-18(32-34-36)14-5-3-7-16(30)9-14)26(41)28(43-20)45-29-27(42)23(25(40)21(13-38)44-29)37-12-19(33-35-37)15-6-4-8-17(31)10-15/h3-12,20-29,38-42H,2,13H2,1H3/t20-,21?,22?,23+,24?,25+,26-,27?,28+,29+/m1/s1. The van der Waals surface area contributed by atoms with E-state index in [-0.39, 0.29) is 0 Å². The van der Waals surface area contributed by atoms with Crippen molar-refractivity contribution in [3.63, 3.8) is 0 Å². The third kappa shape index (κ3) is 6.24. The summed E-state index contributed by atoms with van der Waals surface area (Å²) in [6, 6.07) is 9.31. The van der Waals surface area contributed by atoms with Gasteiger partial charge in [-0.15, -0.1) is 10.2 Å². The Morgan fingerprint density at radius 2 is 1.20 bits per heavy atom. The summed E-state index contributed by atoms with van der Waals surface area (Å²) in [4.78, 5) is 0. The Hall–Kier alpha value is -3.35. The first-order valence-electron chi connectivity index (χ1n) is 14.3. The van der Waals surface area contributed by atoms with Crippen LogP contribution in [0.1, 0.15) is 25.4 Å². The summed E-state index contributed by atoms with van der Waals surface area (Å²) in [5.41, 5.74) is -0.699. The average molecular weight is 647 g/mol. The molecule has 4 heterocycles. The van der Waals surface area contributed by atoms with E-state index < -0.39 is 77.8 Å². The monoisotopic (exact) mass is 646 g/mol. The van der Waals surface area contributed by atoms with E-state index in [2.05, 4.69) is 20.6 Å². The van der Waals surface area contributed by atoms with Crippen LogP contribution in [0.25, 0.3) is 22.5 Å². The van der Waals surface area contributed by atoms with Crippen LogP contribution in [0, 0.1) is 11.6 Å². The molecule has 0 amide bonds. The zero-order valence-electron chi connectivity index (χ0n) is 23.9. The van der Waals surface area contributed by atoms with Gasteiger partial charge in [0.2, 0.25) is 0 Å². The lowest BCUT2D eigenvalue weighted by Gasteiger charge is -2.46. The molecule has 4 unspecified atom stereocenters. The molecular weight excluding hydrogens is 614 g/mol. The number of thioether (sulfide) groups is 1. The first kappa shape index (κ1) is 31.6. The highest BCUT2D eigenvalue weighted by atomic mass is 32.2. The Kier molecular flexibility index (Phi) is 9.26. The zero-order chi connectivity index (χ0) is 31.8. The number of hydrogen-bond acceptors (Lipinski definition) is 12. The molecule has 13 nitrogen and oxygen atoms in total. The predicted octanol–water partition coefficient (Wildman–Crippen LogP) is 1.29. The van der Waals surface area contributed by atoms with E-state index in [1.165, 1.54) is 58.2 Å². The van der Waals surface area contributed by atoms with Gasteiger partial charge in [0.15, 0.2) is 0 Å². The quantitative estimate of drug-likeness (QED) is 0.185. The van der Waals surface area contributed by atoms with Gasteiger partial charge in [0.05, 0.1) is 25.1 Å². The average Bonchev–Trinajstić information content (AvgIpc) is 3.71. The Bertz CT molecular complexity index is 1500. The molecular formula is C29H32F2N6O7S. The number of benzene rings is 2. The van der Waals surface area contributed by atoms with E-state index in [9.17, 15) is 34.3 Å². The first-order chi connectivity index (χ1) is 21.7. The molecule has 2 aliphatic rings. The fraction of sp³-hybridized carbons (Fsp3) is 0.448. The number of rotatable bonds is 8. The molecule has 2 aliphatic heterocycles. The van der Waals surface area contributed by atoms with Gasteiger partial charge in [-0.25, -0.2) is 18.1 Å². The molecule has 4 aromatic rings. The lowest BCUT2D eigenvalue weighted by atomic mass is 9.95. The van der Waals surface area contributed by atoms with Crippen molar-refractivity contribution >= 4 is 11.8 Å². The minimum Gasteiger partial charge on any atom is -0.394 e. The molecule has 0 saturated carbocycles. The van der Waals surface area contributed by atoms with Crippen LogP contribution in [0.3, 0.4) is 0 Å². The van der Waals surface area contributed by atoms with Gasteiger partial charge in [0.1, 0.15) is 76.5 Å². The first-order valence-corrected chi connectivity index (χ1v) is 15.3. The van der Waals surface area contributed by atoms with Crippen molar-refractivity contribution in [3.05, 3.63) is 72.6 Å². The predicted molar refractivity (Wildman–Crippen MR) is 155 cm³/mol. The van der Waals surface area contributed by atoms with Crippen LogP contribution in [-0.4, -0.2) is 110 Å². The lowest BCUT2D eigenvalue weighted by Crippen LogP contribution is -2.57. The van der Waals surface area contributed by atoms with E-state index in [0.29, 0.717) is 28.9 Å². The van der Waals surface area contributed by atoms with Crippen molar-refractivity contribution in [2.45, 2.75) is 72.9 Å². The normalized spacial score (nSPS) is 32.1. The van der Waals surface area contributed by atoms with Crippen LogP contribution in [0.15, 0.2) is 60.9 Å². The molecule has 6 rings (SSSR count). The molecule has 16 heteroatoms. The molecule has 0 spiro atoms. The number of nitrogens with zero attached hydrogens (tertiary/aromatic N) is 6. The van der Waals surface area contributed by atoms with E-state index in [1.807, 2.05) is 0 Å². The SMILES string of the molecule is CC[C@H]1O[C@@H](S[C@@H]2OC(CO)[C@H](O)[C@H](n3cc(-c4cccc(F)c4)nn3)C2O)[C@H](O)C(n2cc(-c3cccc(F)c3)nn2)C1O. The molecule has 0 radical (unpaired) electrons. The maximum absolute atomic E-state index is 13.8. The van der Waals surface area contributed by atoms with Crippen LogP contribution >= 0.6 is 11.8 Å². The second kappa shape index (κ2) is 13.2. The zero-order valence-corrected chi connectivity index (χ0v) is 24.7. The van der Waals surface area contributed by atoms with Gasteiger partial charge < -0.3 is 35.0 Å². The molecule has 10 atom stereocenters. The topological polar surface area (TPSA) is 181 Å². The second-order valence-corrected chi connectivity index (χ2v) is 12.1. The fourth-order valence-electron chi connectivity index (χ4n) is 5.71. The van der Waals surface area contributed by atoms with E-state index in [0.717, 1.165) is 11.8 Å². The fourth-order valence-corrected chi connectivity index (χ4v) is 7.03. The second-order valence-electron chi connectivity index (χ2n) is 10.9. The lowest BCUT2D eigenvalue weighted by molar-refractivity contribution is -0.185. The summed E-state index contributed by atoms with van der Waals surface area (Å²) in [6.45, 7) is 1.20. The molecule has 2 fully saturated rings. The van der Waals surface area contributed by atoms with Crippen molar-refractivity contribution in [2.24, 2.45) is 0 Å². The minimum atomic E-state index is -1.44. The van der Waals surface area contributed by atoms with Gasteiger partial charge in [-0.05, 0) is 30.7 Å². The molecule has 45 heavy (non-hydrogen) atoms. The number of hydrogen-bond donors (Lipinski definition) is 5. The summed E-state index contributed by atoms with van der Waals surface area (Å²) in [6.07, 6.45) is -4.04. The highest BCUT2D eigenvalue weighted by molar-refractivity contribution is 8.00. The molecule has 5 N–H and O–H groups in total. The molecule has 2 saturated heterocycles. The highest BCUT2D eigenvalue weighted by Gasteiger charge is 2.51. The largest absolute Gasteiger partial charge is 0.394 e. The summed E-state index contributed by atoms with van der Waals surface area (Å²) in [7, 11) is 0.